The zero-order chi connectivity index (χ0) is 10.8. The van der Waals surface area contributed by atoms with Crippen molar-refractivity contribution in [2.75, 3.05) is 26.2 Å². The Morgan fingerprint density at radius 1 is 1.31 bits per heavy atom. The lowest BCUT2D eigenvalue weighted by atomic mass is 9.78. The first-order valence-electron chi connectivity index (χ1n) is 6.31. The highest BCUT2D eigenvalue weighted by Gasteiger charge is 2.38. The van der Waals surface area contributed by atoms with Gasteiger partial charge in [-0.1, -0.05) is 0 Å². The molecule has 3 rings (SSSR count). The number of piperidine rings is 1. The molecule has 1 N–H and O–H groups in total. The van der Waals surface area contributed by atoms with Gasteiger partial charge in [0.2, 0.25) is 0 Å². The zero-order valence-electron chi connectivity index (χ0n) is 9.74. The van der Waals surface area contributed by atoms with Crippen molar-refractivity contribution < 1.29 is 0 Å². The van der Waals surface area contributed by atoms with Crippen LogP contribution in [0.25, 0.3) is 0 Å². The molecule has 1 aromatic rings. The highest BCUT2D eigenvalue weighted by Crippen LogP contribution is 2.39. The van der Waals surface area contributed by atoms with Gasteiger partial charge in [0.1, 0.15) is 0 Å². The Morgan fingerprint density at radius 3 is 2.94 bits per heavy atom. The monoisotopic (exact) mass is 236 g/mol. The van der Waals surface area contributed by atoms with Crippen LogP contribution in [-0.2, 0) is 6.54 Å². The maximum Gasteiger partial charge on any atom is 0.0242 e. The fraction of sp³-hybridized carbons (Fsp3) is 0.692. The van der Waals surface area contributed by atoms with Gasteiger partial charge in [0.05, 0.1) is 0 Å². The van der Waals surface area contributed by atoms with Gasteiger partial charge in [-0.05, 0) is 66.7 Å². The average Bonchev–Trinajstić information content (AvgIpc) is 2.92. The lowest BCUT2D eigenvalue weighted by molar-refractivity contribution is 0.194. The standard InChI is InChI=1S/C13H20N2S/c1-8-16-10-12(1)9-15-7-4-13(11-15)2-5-14-6-3-13/h1,8,10,14H,2-7,9,11H2. The van der Waals surface area contributed by atoms with E-state index in [1.807, 2.05) is 11.3 Å². The molecule has 0 aliphatic carbocycles. The van der Waals surface area contributed by atoms with Gasteiger partial charge in [-0.25, -0.2) is 0 Å². The number of thiophene rings is 1. The molecular weight excluding hydrogens is 216 g/mol. The summed E-state index contributed by atoms with van der Waals surface area (Å²) in [6.07, 6.45) is 4.18. The summed E-state index contributed by atoms with van der Waals surface area (Å²) in [5.41, 5.74) is 2.15. The normalized spacial score (nSPS) is 25.2. The Hall–Kier alpha value is -0.380. The predicted octanol–water partition coefficient (Wildman–Crippen LogP) is 2.32. The summed E-state index contributed by atoms with van der Waals surface area (Å²) in [5.74, 6) is 0. The number of nitrogens with zero attached hydrogens (tertiary/aromatic N) is 1. The minimum Gasteiger partial charge on any atom is -0.317 e. The topological polar surface area (TPSA) is 15.3 Å². The van der Waals surface area contributed by atoms with Crippen LogP contribution < -0.4 is 5.32 Å². The molecule has 2 nitrogen and oxygen atoms in total. The van der Waals surface area contributed by atoms with Crippen LogP contribution in [0.5, 0.6) is 0 Å². The number of nitrogens with one attached hydrogen (secondary N) is 1. The van der Waals surface area contributed by atoms with Crippen molar-refractivity contribution in [3.8, 4) is 0 Å². The molecule has 1 aromatic heterocycles. The summed E-state index contributed by atoms with van der Waals surface area (Å²) in [4.78, 5) is 2.65. The Kier molecular flexibility index (Phi) is 3.01. The van der Waals surface area contributed by atoms with Crippen LogP contribution >= 0.6 is 11.3 Å². The summed E-state index contributed by atoms with van der Waals surface area (Å²) in [6, 6.07) is 2.26. The third-order valence-electron chi connectivity index (χ3n) is 4.17. The molecule has 0 radical (unpaired) electrons. The summed E-state index contributed by atoms with van der Waals surface area (Å²) in [5, 5.41) is 7.95. The van der Waals surface area contributed by atoms with E-state index in [1.54, 1.807) is 0 Å². The fourth-order valence-electron chi connectivity index (χ4n) is 3.17. The second-order valence-electron chi connectivity index (χ2n) is 5.34. The molecule has 16 heavy (non-hydrogen) atoms. The molecule has 0 aromatic carbocycles. The van der Waals surface area contributed by atoms with Crippen LogP contribution in [-0.4, -0.2) is 31.1 Å². The van der Waals surface area contributed by atoms with Crippen molar-refractivity contribution in [2.45, 2.75) is 25.8 Å². The molecule has 0 saturated carbocycles. The van der Waals surface area contributed by atoms with Gasteiger partial charge in [-0.2, -0.15) is 11.3 Å². The second kappa shape index (κ2) is 4.47. The third-order valence-corrected chi connectivity index (χ3v) is 4.90. The van der Waals surface area contributed by atoms with Gasteiger partial charge in [0.15, 0.2) is 0 Å². The molecule has 0 amide bonds. The average molecular weight is 236 g/mol. The highest BCUT2D eigenvalue weighted by atomic mass is 32.1. The Morgan fingerprint density at radius 2 is 2.19 bits per heavy atom. The molecule has 2 saturated heterocycles. The van der Waals surface area contributed by atoms with E-state index in [9.17, 15) is 0 Å². The Labute approximate surface area is 102 Å². The second-order valence-corrected chi connectivity index (χ2v) is 6.12. The largest absolute Gasteiger partial charge is 0.317 e. The van der Waals surface area contributed by atoms with E-state index < -0.39 is 0 Å². The first-order valence-corrected chi connectivity index (χ1v) is 7.25. The highest BCUT2D eigenvalue weighted by molar-refractivity contribution is 7.07. The van der Waals surface area contributed by atoms with Crippen LogP contribution in [0.4, 0.5) is 0 Å². The predicted molar refractivity (Wildman–Crippen MR) is 68.7 cm³/mol. The van der Waals surface area contributed by atoms with Crippen molar-refractivity contribution in [2.24, 2.45) is 5.41 Å². The fourth-order valence-corrected chi connectivity index (χ4v) is 3.83. The summed E-state index contributed by atoms with van der Waals surface area (Å²) in [7, 11) is 0. The molecular formula is C13H20N2S. The molecule has 3 heteroatoms. The third kappa shape index (κ3) is 2.17. The lowest BCUT2D eigenvalue weighted by Gasteiger charge is -2.33. The van der Waals surface area contributed by atoms with Crippen molar-refractivity contribution in [1.82, 2.24) is 10.2 Å². The van der Waals surface area contributed by atoms with Gasteiger partial charge < -0.3 is 5.32 Å². The van der Waals surface area contributed by atoms with Crippen molar-refractivity contribution in [3.63, 3.8) is 0 Å². The molecule has 3 heterocycles. The zero-order valence-corrected chi connectivity index (χ0v) is 10.6. The van der Waals surface area contributed by atoms with Crippen LogP contribution in [0.3, 0.4) is 0 Å². The van der Waals surface area contributed by atoms with Gasteiger partial charge in [0.25, 0.3) is 0 Å². The van der Waals surface area contributed by atoms with Crippen molar-refractivity contribution >= 4 is 11.3 Å². The quantitative estimate of drug-likeness (QED) is 0.848. The number of likely N-dealkylation sites (tertiary alicyclic amines) is 1. The lowest BCUT2D eigenvalue weighted by Crippen LogP contribution is -2.38. The van der Waals surface area contributed by atoms with Crippen LogP contribution in [0.15, 0.2) is 16.8 Å². The summed E-state index contributed by atoms with van der Waals surface area (Å²) < 4.78 is 0. The number of rotatable bonds is 2. The minimum atomic E-state index is 0.654. The molecule has 2 fully saturated rings. The molecule has 0 bridgehead atoms. The summed E-state index contributed by atoms with van der Waals surface area (Å²) in [6.45, 7) is 6.25. The molecule has 1 spiro atoms. The van der Waals surface area contributed by atoms with Gasteiger partial charge in [-0.15, -0.1) is 0 Å². The van der Waals surface area contributed by atoms with E-state index in [-0.39, 0.29) is 0 Å². The number of hydrogen-bond acceptors (Lipinski definition) is 3. The first-order chi connectivity index (χ1) is 7.86. The van der Waals surface area contributed by atoms with Crippen LogP contribution in [0, 0.1) is 5.41 Å². The Bertz CT molecular complexity index is 328. The summed E-state index contributed by atoms with van der Waals surface area (Å²) >= 11 is 1.81. The van der Waals surface area contributed by atoms with E-state index in [1.165, 1.54) is 57.5 Å². The molecule has 0 atom stereocenters. The maximum atomic E-state index is 3.48. The van der Waals surface area contributed by atoms with E-state index in [0.717, 1.165) is 0 Å². The van der Waals surface area contributed by atoms with Crippen molar-refractivity contribution in [3.05, 3.63) is 22.4 Å². The Balaban J connectivity index is 1.60. The van der Waals surface area contributed by atoms with Gasteiger partial charge >= 0.3 is 0 Å². The van der Waals surface area contributed by atoms with E-state index >= 15 is 0 Å². The van der Waals surface area contributed by atoms with E-state index in [4.69, 9.17) is 0 Å². The van der Waals surface area contributed by atoms with Crippen molar-refractivity contribution in [1.29, 1.82) is 0 Å². The SMILES string of the molecule is c1cc(CN2CCC3(CCNCC3)C2)cs1. The van der Waals surface area contributed by atoms with Crippen LogP contribution in [0.1, 0.15) is 24.8 Å². The first kappa shape index (κ1) is 10.8. The molecule has 88 valence electrons. The van der Waals surface area contributed by atoms with Gasteiger partial charge in [0, 0.05) is 13.1 Å². The maximum absolute atomic E-state index is 3.48. The van der Waals surface area contributed by atoms with E-state index in [2.05, 4.69) is 27.0 Å². The minimum absolute atomic E-state index is 0.654. The molecule has 2 aliphatic heterocycles. The van der Waals surface area contributed by atoms with Gasteiger partial charge in [-0.3, -0.25) is 4.90 Å². The molecule has 0 unspecified atom stereocenters. The van der Waals surface area contributed by atoms with Crippen LogP contribution in [0.2, 0.25) is 0 Å². The smallest absolute Gasteiger partial charge is 0.0242 e. The van der Waals surface area contributed by atoms with E-state index in [0.29, 0.717) is 5.41 Å². The number of hydrogen-bond donors (Lipinski definition) is 1. The molecule has 2 aliphatic rings.